The maximum Gasteiger partial charge on any atom is 0.254 e. The van der Waals surface area contributed by atoms with Crippen LogP contribution in [0, 0.1) is 0 Å². The first-order valence-electron chi connectivity index (χ1n) is 8.92. The molecule has 0 unspecified atom stereocenters. The Bertz CT molecular complexity index is 888. The average Bonchev–Trinajstić information content (AvgIpc) is 2.72. The second-order valence-corrected chi connectivity index (χ2v) is 6.54. The van der Waals surface area contributed by atoms with E-state index in [-0.39, 0.29) is 5.91 Å². The van der Waals surface area contributed by atoms with Crippen LogP contribution in [0.5, 0.6) is 5.75 Å². The van der Waals surface area contributed by atoms with Crippen molar-refractivity contribution in [2.24, 2.45) is 0 Å². The summed E-state index contributed by atoms with van der Waals surface area (Å²) in [4.78, 5) is 14.7. The van der Waals surface area contributed by atoms with E-state index in [0.29, 0.717) is 13.2 Å². The number of para-hydroxylation sites is 1. The molecule has 26 heavy (non-hydrogen) atoms. The van der Waals surface area contributed by atoms with Gasteiger partial charge in [-0.25, -0.2) is 0 Å². The average molecular weight is 343 g/mol. The number of nitrogens with zero attached hydrogens (tertiary/aromatic N) is 1. The highest BCUT2D eigenvalue weighted by molar-refractivity contribution is 5.94. The molecule has 1 heterocycles. The van der Waals surface area contributed by atoms with Crippen LogP contribution in [0.1, 0.15) is 27.0 Å². The Morgan fingerprint density at radius 3 is 2.31 bits per heavy atom. The summed E-state index contributed by atoms with van der Waals surface area (Å²) >= 11 is 0. The molecule has 0 N–H and O–H groups in total. The predicted molar refractivity (Wildman–Crippen MR) is 102 cm³/mol. The molecular weight excluding hydrogens is 322 g/mol. The van der Waals surface area contributed by atoms with Gasteiger partial charge in [0.25, 0.3) is 5.91 Å². The third-order valence-electron chi connectivity index (χ3n) is 4.77. The smallest absolute Gasteiger partial charge is 0.254 e. The topological polar surface area (TPSA) is 29.5 Å². The summed E-state index contributed by atoms with van der Waals surface area (Å²) in [7, 11) is 0. The van der Waals surface area contributed by atoms with E-state index >= 15 is 0 Å². The highest BCUT2D eigenvalue weighted by Crippen LogP contribution is 2.20. The minimum atomic E-state index is 0.0926. The molecule has 3 nitrogen and oxygen atoms in total. The minimum absolute atomic E-state index is 0.0926. The number of amides is 1. The van der Waals surface area contributed by atoms with Crippen molar-refractivity contribution >= 4 is 5.91 Å². The second-order valence-electron chi connectivity index (χ2n) is 6.54. The van der Waals surface area contributed by atoms with Crippen molar-refractivity contribution in [2.45, 2.75) is 19.6 Å². The molecule has 4 rings (SSSR count). The fourth-order valence-electron chi connectivity index (χ4n) is 3.28. The van der Waals surface area contributed by atoms with Crippen molar-refractivity contribution in [1.82, 2.24) is 4.90 Å². The Hall–Kier alpha value is -3.07. The lowest BCUT2D eigenvalue weighted by molar-refractivity contribution is 0.0734. The van der Waals surface area contributed by atoms with Crippen molar-refractivity contribution in [3.05, 3.63) is 101 Å². The van der Waals surface area contributed by atoms with Gasteiger partial charge in [0, 0.05) is 18.7 Å². The molecule has 0 atom stereocenters. The molecular formula is C23H21NO2. The molecule has 1 aliphatic heterocycles. The highest BCUT2D eigenvalue weighted by Gasteiger charge is 2.21. The van der Waals surface area contributed by atoms with Crippen LogP contribution in [0.3, 0.4) is 0 Å². The van der Waals surface area contributed by atoms with Gasteiger partial charge in [-0.1, -0.05) is 54.6 Å². The summed E-state index contributed by atoms with van der Waals surface area (Å²) in [5, 5.41) is 0. The van der Waals surface area contributed by atoms with Crippen LogP contribution in [-0.4, -0.2) is 17.4 Å². The van der Waals surface area contributed by atoms with Gasteiger partial charge in [0.2, 0.25) is 0 Å². The fourth-order valence-corrected chi connectivity index (χ4v) is 3.28. The van der Waals surface area contributed by atoms with Crippen LogP contribution < -0.4 is 4.74 Å². The number of carbonyl (C=O) groups is 1. The number of hydrogen-bond donors (Lipinski definition) is 0. The Morgan fingerprint density at radius 1 is 0.846 bits per heavy atom. The number of fused-ring (bicyclic) bond motifs is 1. The maximum absolute atomic E-state index is 12.8. The normalized spacial score (nSPS) is 13.2. The van der Waals surface area contributed by atoms with E-state index in [1.165, 1.54) is 11.1 Å². The number of rotatable bonds is 4. The number of hydrogen-bond acceptors (Lipinski definition) is 2. The first-order valence-corrected chi connectivity index (χ1v) is 8.92. The van der Waals surface area contributed by atoms with Gasteiger partial charge in [-0.15, -0.1) is 0 Å². The number of carbonyl (C=O) groups excluding carboxylic acids is 1. The summed E-state index contributed by atoms with van der Waals surface area (Å²) in [6, 6.07) is 25.8. The monoisotopic (exact) mass is 343 g/mol. The molecule has 130 valence electrons. The van der Waals surface area contributed by atoms with Crippen molar-refractivity contribution in [3.63, 3.8) is 0 Å². The standard InChI is InChI=1S/C23H21NO2/c25-23(24-15-14-19-6-4-5-7-21(19)16-24)20-12-10-18(11-13-20)17-26-22-8-2-1-3-9-22/h1-13H,14-17H2. The lowest BCUT2D eigenvalue weighted by Crippen LogP contribution is -2.35. The Balaban J connectivity index is 1.40. The van der Waals surface area contributed by atoms with Crippen LogP contribution >= 0.6 is 0 Å². The Labute approximate surface area is 153 Å². The van der Waals surface area contributed by atoms with Crippen LogP contribution in [-0.2, 0) is 19.6 Å². The van der Waals surface area contributed by atoms with Gasteiger partial charge in [0.15, 0.2) is 0 Å². The number of benzene rings is 3. The Kier molecular flexibility index (Phi) is 4.69. The number of ether oxygens (including phenoxy) is 1. The molecule has 3 aromatic rings. The zero-order chi connectivity index (χ0) is 17.8. The minimum Gasteiger partial charge on any atom is -0.489 e. The molecule has 0 saturated heterocycles. The van der Waals surface area contributed by atoms with Crippen LogP contribution in [0.15, 0.2) is 78.9 Å². The lowest BCUT2D eigenvalue weighted by atomic mass is 9.99. The molecule has 0 aliphatic carbocycles. The molecule has 1 amide bonds. The van der Waals surface area contributed by atoms with E-state index in [1.54, 1.807) is 0 Å². The first kappa shape index (κ1) is 16.4. The van der Waals surface area contributed by atoms with Crippen molar-refractivity contribution in [3.8, 4) is 5.75 Å². The van der Waals surface area contributed by atoms with Crippen LogP contribution in [0.25, 0.3) is 0 Å². The molecule has 3 aromatic carbocycles. The molecule has 0 aromatic heterocycles. The predicted octanol–water partition coefficient (Wildman–Crippen LogP) is 4.46. The summed E-state index contributed by atoms with van der Waals surface area (Å²) in [5.74, 6) is 0.940. The van der Waals surface area contributed by atoms with Crippen molar-refractivity contribution < 1.29 is 9.53 Å². The summed E-state index contributed by atoms with van der Waals surface area (Å²) in [6.45, 7) is 1.96. The van der Waals surface area contributed by atoms with Crippen molar-refractivity contribution in [1.29, 1.82) is 0 Å². The molecule has 0 fully saturated rings. The third kappa shape index (κ3) is 3.62. The quantitative estimate of drug-likeness (QED) is 0.700. The largest absolute Gasteiger partial charge is 0.489 e. The molecule has 0 radical (unpaired) electrons. The van der Waals surface area contributed by atoms with Gasteiger partial charge in [-0.2, -0.15) is 0 Å². The molecule has 0 bridgehead atoms. The molecule has 0 saturated carbocycles. The van der Waals surface area contributed by atoms with E-state index in [9.17, 15) is 4.79 Å². The van der Waals surface area contributed by atoms with Gasteiger partial charge in [-0.05, 0) is 47.4 Å². The molecule has 3 heteroatoms. The zero-order valence-electron chi connectivity index (χ0n) is 14.6. The fraction of sp³-hybridized carbons (Fsp3) is 0.174. The third-order valence-corrected chi connectivity index (χ3v) is 4.77. The SMILES string of the molecule is O=C(c1ccc(COc2ccccc2)cc1)N1CCc2ccccc2C1. The molecule has 1 aliphatic rings. The van der Waals surface area contributed by atoms with Gasteiger partial charge >= 0.3 is 0 Å². The summed E-state index contributed by atoms with van der Waals surface area (Å²) in [5.41, 5.74) is 4.38. The van der Waals surface area contributed by atoms with E-state index in [0.717, 1.165) is 29.8 Å². The maximum atomic E-state index is 12.8. The lowest BCUT2D eigenvalue weighted by Gasteiger charge is -2.29. The second kappa shape index (κ2) is 7.44. The Morgan fingerprint density at radius 2 is 1.54 bits per heavy atom. The summed E-state index contributed by atoms with van der Waals surface area (Å²) < 4.78 is 5.75. The van der Waals surface area contributed by atoms with Gasteiger partial charge in [0.05, 0.1) is 0 Å². The van der Waals surface area contributed by atoms with Crippen LogP contribution in [0.4, 0.5) is 0 Å². The van der Waals surface area contributed by atoms with E-state index in [2.05, 4.69) is 18.2 Å². The summed E-state index contributed by atoms with van der Waals surface area (Å²) in [6.07, 6.45) is 0.922. The van der Waals surface area contributed by atoms with E-state index < -0.39 is 0 Å². The zero-order valence-corrected chi connectivity index (χ0v) is 14.6. The molecule has 0 spiro atoms. The highest BCUT2D eigenvalue weighted by atomic mass is 16.5. The van der Waals surface area contributed by atoms with Gasteiger partial charge < -0.3 is 9.64 Å². The van der Waals surface area contributed by atoms with E-state index in [1.807, 2.05) is 65.6 Å². The van der Waals surface area contributed by atoms with Crippen molar-refractivity contribution in [2.75, 3.05) is 6.54 Å². The van der Waals surface area contributed by atoms with Gasteiger partial charge in [-0.3, -0.25) is 4.79 Å². The van der Waals surface area contributed by atoms with Crippen LogP contribution in [0.2, 0.25) is 0 Å². The van der Waals surface area contributed by atoms with E-state index in [4.69, 9.17) is 4.74 Å². The van der Waals surface area contributed by atoms with Gasteiger partial charge in [0.1, 0.15) is 12.4 Å². The first-order chi connectivity index (χ1) is 12.8.